The lowest BCUT2D eigenvalue weighted by Gasteiger charge is -2.08. The van der Waals surface area contributed by atoms with Crippen molar-refractivity contribution in [1.82, 2.24) is 5.32 Å². The molecule has 21 heavy (non-hydrogen) atoms. The molecule has 2 N–H and O–H groups in total. The average molecular weight is 306 g/mol. The minimum Gasteiger partial charge on any atom is -0.484 e. The maximum absolute atomic E-state index is 11.7. The van der Waals surface area contributed by atoms with Crippen molar-refractivity contribution in [1.29, 1.82) is 0 Å². The molecule has 2 rings (SSSR count). The first-order valence-electron chi connectivity index (χ1n) is 6.51. The first kappa shape index (κ1) is 15.4. The second kappa shape index (κ2) is 7.67. The number of ether oxygens (including phenoxy) is 1. The van der Waals surface area contributed by atoms with Crippen LogP contribution in [0.1, 0.15) is 11.1 Å². The van der Waals surface area contributed by atoms with Gasteiger partial charge >= 0.3 is 0 Å². The summed E-state index contributed by atoms with van der Waals surface area (Å²) >= 11 is 5.83. The van der Waals surface area contributed by atoms with E-state index < -0.39 is 0 Å². The number of carbonyl (C=O) groups is 1. The van der Waals surface area contributed by atoms with Crippen LogP contribution >= 0.6 is 11.6 Å². The molecule has 0 aromatic heterocycles. The number of carbonyl (C=O) groups excluding carboxylic acids is 1. The first-order chi connectivity index (χ1) is 10.2. The van der Waals surface area contributed by atoms with Crippen molar-refractivity contribution < 1.29 is 14.6 Å². The fourth-order valence-corrected chi connectivity index (χ4v) is 1.90. The maximum Gasteiger partial charge on any atom is 0.258 e. The molecule has 5 heteroatoms. The van der Waals surface area contributed by atoms with Gasteiger partial charge in [0.15, 0.2) is 6.61 Å². The number of nitrogens with one attached hydrogen (secondary N) is 1. The number of halogens is 1. The molecular weight excluding hydrogens is 290 g/mol. The van der Waals surface area contributed by atoms with E-state index in [2.05, 4.69) is 5.32 Å². The lowest BCUT2D eigenvalue weighted by molar-refractivity contribution is -0.123. The molecule has 0 spiro atoms. The Morgan fingerprint density at radius 2 is 1.86 bits per heavy atom. The van der Waals surface area contributed by atoms with Crippen LogP contribution in [0.3, 0.4) is 0 Å². The number of benzene rings is 2. The Morgan fingerprint density at radius 1 is 1.14 bits per heavy atom. The van der Waals surface area contributed by atoms with Gasteiger partial charge in [0.25, 0.3) is 5.91 Å². The van der Waals surface area contributed by atoms with Gasteiger partial charge in [-0.1, -0.05) is 41.9 Å². The van der Waals surface area contributed by atoms with E-state index in [0.717, 1.165) is 11.1 Å². The normalized spacial score (nSPS) is 10.2. The lowest BCUT2D eigenvalue weighted by Crippen LogP contribution is -2.28. The smallest absolute Gasteiger partial charge is 0.258 e. The van der Waals surface area contributed by atoms with Gasteiger partial charge in [-0.25, -0.2) is 0 Å². The molecule has 0 aliphatic carbocycles. The Kier molecular flexibility index (Phi) is 5.60. The van der Waals surface area contributed by atoms with Crippen LogP contribution < -0.4 is 10.1 Å². The van der Waals surface area contributed by atoms with E-state index in [1.54, 1.807) is 24.3 Å². The molecule has 110 valence electrons. The van der Waals surface area contributed by atoms with Crippen molar-refractivity contribution in [2.24, 2.45) is 0 Å². The maximum atomic E-state index is 11.7. The summed E-state index contributed by atoms with van der Waals surface area (Å²) in [6.07, 6.45) is 0. The molecule has 0 fully saturated rings. The molecule has 0 saturated carbocycles. The summed E-state index contributed by atoms with van der Waals surface area (Å²) in [6.45, 7) is 0.374. The van der Waals surface area contributed by atoms with Crippen LogP contribution in [-0.2, 0) is 17.9 Å². The van der Waals surface area contributed by atoms with Gasteiger partial charge < -0.3 is 15.2 Å². The predicted octanol–water partition coefficient (Wildman–Crippen LogP) is 2.53. The summed E-state index contributed by atoms with van der Waals surface area (Å²) in [5.41, 5.74) is 1.80. The van der Waals surface area contributed by atoms with Crippen molar-refractivity contribution >= 4 is 17.5 Å². The van der Waals surface area contributed by atoms with Gasteiger partial charge in [-0.2, -0.15) is 0 Å². The minimum absolute atomic E-state index is 0.0140. The molecular formula is C16H16ClNO3. The highest BCUT2D eigenvalue weighted by Gasteiger charge is 2.03. The van der Waals surface area contributed by atoms with Gasteiger partial charge in [0, 0.05) is 11.6 Å². The summed E-state index contributed by atoms with van der Waals surface area (Å²) in [5, 5.41) is 12.3. The molecule has 0 radical (unpaired) electrons. The third-order valence-corrected chi connectivity index (χ3v) is 3.10. The van der Waals surface area contributed by atoms with Crippen molar-refractivity contribution in [3.05, 3.63) is 64.7 Å². The molecule has 0 heterocycles. The summed E-state index contributed by atoms with van der Waals surface area (Å²) in [7, 11) is 0. The van der Waals surface area contributed by atoms with E-state index in [0.29, 0.717) is 17.3 Å². The highest BCUT2D eigenvalue weighted by atomic mass is 35.5. The standard InChI is InChI=1S/C16H16ClNO3/c17-14-2-1-3-15(8-14)21-11-16(20)18-9-12-4-6-13(10-19)7-5-12/h1-8,19H,9-11H2,(H,18,20). The monoisotopic (exact) mass is 305 g/mol. The molecule has 0 saturated heterocycles. The molecule has 2 aromatic rings. The van der Waals surface area contributed by atoms with Crippen molar-refractivity contribution in [3.8, 4) is 5.75 Å². The largest absolute Gasteiger partial charge is 0.484 e. The van der Waals surface area contributed by atoms with Gasteiger partial charge in [-0.05, 0) is 29.3 Å². The fraction of sp³-hybridized carbons (Fsp3) is 0.188. The van der Waals surface area contributed by atoms with E-state index in [-0.39, 0.29) is 19.1 Å². The van der Waals surface area contributed by atoms with Crippen LogP contribution in [0.2, 0.25) is 5.02 Å². The van der Waals surface area contributed by atoms with E-state index in [9.17, 15) is 4.79 Å². The topological polar surface area (TPSA) is 58.6 Å². The van der Waals surface area contributed by atoms with Crippen molar-refractivity contribution in [3.63, 3.8) is 0 Å². The Labute approximate surface area is 128 Å². The van der Waals surface area contributed by atoms with E-state index in [1.165, 1.54) is 0 Å². The zero-order valence-electron chi connectivity index (χ0n) is 11.4. The summed E-state index contributed by atoms with van der Waals surface area (Å²) in [4.78, 5) is 11.7. The quantitative estimate of drug-likeness (QED) is 0.862. The third kappa shape index (κ3) is 5.10. The van der Waals surface area contributed by atoms with Crippen LogP contribution in [0.25, 0.3) is 0 Å². The van der Waals surface area contributed by atoms with Gasteiger partial charge in [-0.3, -0.25) is 4.79 Å². The number of hydrogen-bond donors (Lipinski definition) is 2. The van der Waals surface area contributed by atoms with Crippen LogP contribution in [0.5, 0.6) is 5.75 Å². The highest BCUT2D eigenvalue weighted by molar-refractivity contribution is 6.30. The third-order valence-electron chi connectivity index (χ3n) is 2.86. The second-order valence-electron chi connectivity index (χ2n) is 4.50. The first-order valence-corrected chi connectivity index (χ1v) is 6.89. The molecule has 0 bridgehead atoms. The molecule has 1 amide bonds. The average Bonchev–Trinajstić information content (AvgIpc) is 2.51. The zero-order chi connectivity index (χ0) is 15.1. The van der Waals surface area contributed by atoms with Crippen LogP contribution in [0.4, 0.5) is 0 Å². The summed E-state index contributed by atoms with van der Waals surface area (Å²) in [6, 6.07) is 14.3. The van der Waals surface area contributed by atoms with Crippen LogP contribution in [0, 0.1) is 0 Å². The predicted molar refractivity (Wildman–Crippen MR) is 81.2 cm³/mol. The van der Waals surface area contributed by atoms with Crippen LogP contribution in [0.15, 0.2) is 48.5 Å². The molecule has 0 aliphatic heterocycles. The lowest BCUT2D eigenvalue weighted by atomic mass is 10.1. The number of hydrogen-bond acceptors (Lipinski definition) is 3. The molecule has 0 aliphatic rings. The van der Waals surface area contributed by atoms with Gasteiger partial charge in [0.05, 0.1) is 6.61 Å². The Bertz CT molecular complexity index is 599. The summed E-state index contributed by atoms with van der Waals surface area (Å²) < 4.78 is 5.34. The number of aliphatic hydroxyl groups is 1. The number of aliphatic hydroxyl groups excluding tert-OH is 1. The van der Waals surface area contributed by atoms with Gasteiger partial charge in [0.2, 0.25) is 0 Å². The number of rotatable bonds is 6. The van der Waals surface area contributed by atoms with Crippen molar-refractivity contribution in [2.45, 2.75) is 13.2 Å². The summed E-state index contributed by atoms with van der Waals surface area (Å²) in [5.74, 6) is 0.353. The highest BCUT2D eigenvalue weighted by Crippen LogP contribution is 2.16. The second-order valence-corrected chi connectivity index (χ2v) is 4.93. The number of amides is 1. The molecule has 0 unspecified atom stereocenters. The SMILES string of the molecule is O=C(COc1cccc(Cl)c1)NCc1ccc(CO)cc1. The van der Waals surface area contributed by atoms with Gasteiger partial charge in [-0.15, -0.1) is 0 Å². The Balaban J connectivity index is 1.76. The molecule has 4 nitrogen and oxygen atoms in total. The zero-order valence-corrected chi connectivity index (χ0v) is 12.1. The molecule has 2 aromatic carbocycles. The van der Waals surface area contributed by atoms with E-state index in [4.69, 9.17) is 21.4 Å². The van der Waals surface area contributed by atoms with Crippen molar-refractivity contribution in [2.75, 3.05) is 6.61 Å². The minimum atomic E-state index is -0.207. The Morgan fingerprint density at radius 3 is 2.52 bits per heavy atom. The molecule has 0 atom stereocenters. The van der Waals surface area contributed by atoms with E-state index >= 15 is 0 Å². The Hall–Kier alpha value is -2.04. The van der Waals surface area contributed by atoms with Gasteiger partial charge in [0.1, 0.15) is 5.75 Å². The van der Waals surface area contributed by atoms with Crippen LogP contribution in [-0.4, -0.2) is 17.6 Å². The fourth-order valence-electron chi connectivity index (χ4n) is 1.72. The van der Waals surface area contributed by atoms with E-state index in [1.807, 2.05) is 24.3 Å².